The summed E-state index contributed by atoms with van der Waals surface area (Å²) in [6, 6.07) is 6.35. The van der Waals surface area contributed by atoms with Gasteiger partial charge in [0, 0.05) is 35.2 Å². The van der Waals surface area contributed by atoms with Gasteiger partial charge in [-0.3, -0.25) is 4.90 Å². The molecule has 0 radical (unpaired) electrons. The fraction of sp³-hybridized carbons (Fsp3) is 0.571. The monoisotopic (exact) mass is 549 g/mol. The van der Waals surface area contributed by atoms with Crippen LogP contribution in [0.2, 0.25) is 0 Å². The SMILES string of the molecule is C[C@H](Oc1cc(O[C@H]2CCNC2)cc(-c2noc([C@@]3(C)CCCc4sc(N)c(C#N)c43)n2)n1)[C@@H]1CCCN1C. The second-order valence-electron chi connectivity index (χ2n) is 11.1. The summed E-state index contributed by atoms with van der Waals surface area (Å²) in [7, 11) is 2.14. The standard InChI is InChI=1S/C28H35N7O3S/c1-16(21-6-5-11-35(21)3)36-23-13-18(37-17-8-10-31-15-17)12-20(32-23)26-33-27(38-34-26)28(2)9-4-7-22-24(28)19(14-29)25(30)39-22/h12-13,16-17,21,31H,4-11,15,30H2,1-3H3/t16-,17-,21-,28-/m0/s1. The fourth-order valence-corrected chi connectivity index (χ4v) is 7.50. The van der Waals surface area contributed by atoms with Crippen molar-refractivity contribution >= 4 is 16.3 Å². The number of hydrogen-bond acceptors (Lipinski definition) is 11. The van der Waals surface area contributed by atoms with E-state index in [-0.39, 0.29) is 12.2 Å². The van der Waals surface area contributed by atoms with Crippen molar-refractivity contribution in [3.63, 3.8) is 0 Å². The molecule has 6 rings (SSSR count). The molecule has 5 heterocycles. The summed E-state index contributed by atoms with van der Waals surface area (Å²) in [5.41, 5.74) is 7.59. The first-order valence-corrected chi connectivity index (χ1v) is 14.6. The van der Waals surface area contributed by atoms with Crippen LogP contribution in [0.3, 0.4) is 0 Å². The Labute approximate surface area is 232 Å². The number of nitrogen functional groups attached to an aromatic ring is 1. The number of nitriles is 1. The van der Waals surface area contributed by atoms with Crippen molar-refractivity contribution in [2.75, 3.05) is 32.4 Å². The highest BCUT2D eigenvalue weighted by molar-refractivity contribution is 7.16. The quantitative estimate of drug-likeness (QED) is 0.447. The summed E-state index contributed by atoms with van der Waals surface area (Å²) in [5.74, 6) is 1.98. The van der Waals surface area contributed by atoms with E-state index < -0.39 is 5.41 Å². The van der Waals surface area contributed by atoms with Gasteiger partial charge >= 0.3 is 0 Å². The van der Waals surface area contributed by atoms with Crippen LogP contribution < -0.4 is 20.5 Å². The molecule has 11 heteroatoms. The van der Waals surface area contributed by atoms with E-state index in [1.54, 1.807) is 0 Å². The molecule has 2 aliphatic heterocycles. The summed E-state index contributed by atoms with van der Waals surface area (Å²) in [6.45, 7) is 6.96. The highest BCUT2D eigenvalue weighted by Crippen LogP contribution is 2.48. The number of hydrogen-bond donors (Lipinski definition) is 2. The van der Waals surface area contributed by atoms with Gasteiger partial charge in [-0.25, -0.2) is 4.98 Å². The van der Waals surface area contributed by atoms with E-state index in [1.807, 2.05) is 12.1 Å². The first-order chi connectivity index (χ1) is 18.9. The minimum Gasteiger partial charge on any atom is -0.489 e. The Kier molecular flexibility index (Phi) is 6.95. The molecule has 1 aliphatic carbocycles. The van der Waals surface area contributed by atoms with Gasteiger partial charge in [0.15, 0.2) is 0 Å². The zero-order valence-electron chi connectivity index (χ0n) is 22.7. The Morgan fingerprint density at radius 3 is 2.92 bits per heavy atom. The molecule has 10 nitrogen and oxygen atoms in total. The van der Waals surface area contributed by atoms with E-state index in [0.29, 0.717) is 45.6 Å². The average molecular weight is 550 g/mol. The first kappa shape index (κ1) is 26.0. The van der Waals surface area contributed by atoms with E-state index >= 15 is 0 Å². The number of fused-ring (bicyclic) bond motifs is 1. The molecular weight excluding hydrogens is 514 g/mol. The number of ether oxygens (including phenoxy) is 2. The van der Waals surface area contributed by atoms with Gasteiger partial charge in [-0.05, 0) is 72.5 Å². The largest absolute Gasteiger partial charge is 0.489 e. The van der Waals surface area contributed by atoms with Crippen LogP contribution in [0.4, 0.5) is 5.00 Å². The Morgan fingerprint density at radius 1 is 1.31 bits per heavy atom. The number of thiophene rings is 1. The van der Waals surface area contributed by atoms with Crippen molar-refractivity contribution in [2.45, 2.75) is 76.0 Å². The van der Waals surface area contributed by atoms with Gasteiger partial charge in [0.1, 0.15) is 34.7 Å². The molecule has 3 aromatic rings. The normalized spacial score (nSPS) is 25.8. The van der Waals surface area contributed by atoms with E-state index in [1.165, 1.54) is 17.8 Å². The van der Waals surface area contributed by atoms with Gasteiger partial charge in [-0.15, -0.1) is 11.3 Å². The van der Waals surface area contributed by atoms with Crippen molar-refractivity contribution < 1.29 is 14.0 Å². The Hall–Kier alpha value is -3.20. The van der Waals surface area contributed by atoms with Crippen LogP contribution in [0, 0.1) is 11.3 Å². The van der Waals surface area contributed by atoms with E-state index in [9.17, 15) is 5.26 Å². The predicted molar refractivity (Wildman–Crippen MR) is 148 cm³/mol. The highest BCUT2D eigenvalue weighted by Gasteiger charge is 2.43. The molecule has 3 aromatic heterocycles. The van der Waals surface area contributed by atoms with Crippen LogP contribution in [0.15, 0.2) is 16.7 Å². The molecule has 3 aliphatic rings. The minimum absolute atomic E-state index is 0.0323. The number of nitrogens with zero attached hydrogens (tertiary/aromatic N) is 5. The van der Waals surface area contributed by atoms with Crippen LogP contribution in [0.1, 0.15) is 67.8 Å². The molecule has 0 bridgehead atoms. The third kappa shape index (κ3) is 4.86. The topological polar surface area (TPSA) is 135 Å². The summed E-state index contributed by atoms with van der Waals surface area (Å²) in [4.78, 5) is 13.1. The number of likely N-dealkylation sites (N-methyl/N-ethyl adjacent to an activating group) is 1. The van der Waals surface area contributed by atoms with Crippen LogP contribution >= 0.6 is 11.3 Å². The third-order valence-corrected chi connectivity index (χ3v) is 9.48. The lowest BCUT2D eigenvalue weighted by molar-refractivity contribution is 0.116. The maximum absolute atomic E-state index is 9.84. The van der Waals surface area contributed by atoms with Crippen LogP contribution in [-0.2, 0) is 11.8 Å². The second-order valence-corrected chi connectivity index (χ2v) is 12.3. The maximum atomic E-state index is 9.84. The van der Waals surface area contributed by atoms with Crippen molar-refractivity contribution in [2.24, 2.45) is 0 Å². The lowest BCUT2D eigenvalue weighted by Gasteiger charge is -2.30. The smallest absolute Gasteiger partial charge is 0.237 e. The van der Waals surface area contributed by atoms with Gasteiger partial charge in [-0.1, -0.05) is 5.16 Å². The molecule has 0 spiro atoms. The number of nitrogens with two attached hydrogens (primary N) is 1. The fourth-order valence-electron chi connectivity index (χ4n) is 6.30. The first-order valence-electron chi connectivity index (χ1n) is 13.8. The van der Waals surface area contributed by atoms with Crippen molar-refractivity contribution in [3.8, 4) is 29.2 Å². The average Bonchev–Trinajstić information content (AvgIpc) is 3.71. The van der Waals surface area contributed by atoms with Crippen molar-refractivity contribution in [1.29, 1.82) is 5.26 Å². The number of aryl methyl sites for hydroxylation is 1. The van der Waals surface area contributed by atoms with Crippen LogP contribution in [0.5, 0.6) is 11.6 Å². The number of aromatic nitrogens is 3. The van der Waals surface area contributed by atoms with Gasteiger partial charge in [-0.2, -0.15) is 10.2 Å². The second kappa shape index (κ2) is 10.4. The zero-order valence-corrected chi connectivity index (χ0v) is 23.5. The highest BCUT2D eigenvalue weighted by atomic mass is 32.1. The van der Waals surface area contributed by atoms with Gasteiger partial charge < -0.3 is 25.0 Å². The van der Waals surface area contributed by atoms with E-state index in [0.717, 1.165) is 62.2 Å². The predicted octanol–water partition coefficient (Wildman–Crippen LogP) is 3.89. The van der Waals surface area contributed by atoms with Crippen molar-refractivity contribution in [1.82, 2.24) is 25.3 Å². The molecule has 0 saturated carbocycles. The molecular formula is C28H35N7O3S. The third-order valence-electron chi connectivity index (χ3n) is 8.40. The van der Waals surface area contributed by atoms with E-state index in [4.69, 9.17) is 29.7 Å². The lowest BCUT2D eigenvalue weighted by atomic mass is 9.72. The van der Waals surface area contributed by atoms with Gasteiger partial charge in [0.05, 0.1) is 11.0 Å². The summed E-state index contributed by atoms with van der Waals surface area (Å²) < 4.78 is 18.5. The number of pyridine rings is 1. The molecule has 39 heavy (non-hydrogen) atoms. The Bertz CT molecular complexity index is 1390. The summed E-state index contributed by atoms with van der Waals surface area (Å²) in [6.07, 6.45) is 5.90. The number of anilines is 1. The Morgan fingerprint density at radius 2 is 2.18 bits per heavy atom. The van der Waals surface area contributed by atoms with Crippen molar-refractivity contribution in [3.05, 3.63) is 34.0 Å². The van der Waals surface area contributed by atoms with Gasteiger partial charge in [0.2, 0.25) is 17.6 Å². The zero-order chi connectivity index (χ0) is 27.1. The molecule has 2 fully saturated rings. The van der Waals surface area contributed by atoms with Gasteiger partial charge in [0.25, 0.3) is 0 Å². The molecule has 0 aromatic carbocycles. The molecule has 4 atom stereocenters. The molecule has 206 valence electrons. The van der Waals surface area contributed by atoms with Crippen LogP contribution in [0.25, 0.3) is 11.5 Å². The number of likely N-dealkylation sites (tertiary alicyclic amines) is 1. The number of rotatable bonds is 7. The lowest BCUT2D eigenvalue weighted by Crippen LogP contribution is -2.38. The minimum atomic E-state index is -0.595. The Balaban J connectivity index is 1.34. The van der Waals surface area contributed by atoms with E-state index in [2.05, 4.69) is 42.3 Å². The maximum Gasteiger partial charge on any atom is 0.237 e. The molecule has 0 unspecified atom stereocenters. The molecule has 2 saturated heterocycles. The molecule has 0 amide bonds. The number of nitrogens with one attached hydrogen (secondary N) is 1. The summed E-state index contributed by atoms with van der Waals surface area (Å²) in [5, 5.41) is 18.1. The summed E-state index contributed by atoms with van der Waals surface area (Å²) >= 11 is 1.49. The van der Waals surface area contributed by atoms with Crippen LogP contribution in [-0.4, -0.2) is 65.0 Å². The molecule has 3 N–H and O–H groups in total.